The molecule has 2 rings (SSSR count). The molecule has 0 saturated heterocycles. The van der Waals surface area contributed by atoms with E-state index in [1.807, 2.05) is 19.1 Å². The molecular weight excluding hydrogens is 200 g/mol. The molecule has 0 fully saturated rings. The number of nitrogens with one attached hydrogen (secondary N) is 1. The second-order valence-electron chi connectivity index (χ2n) is 3.40. The molecule has 0 radical (unpaired) electrons. The van der Waals surface area contributed by atoms with E-state index in [0.717, 1.165) is 11.3 Å². The number of aromatic nitrogens is 2. The summed E-state index contributed by atoms with van der Waals surface area (Å²) in [6.07, 6.45) is 3.48. The van der Waals surface area contributed by atoms with E-state index >= 15 is 0 Å². The third-order valence-corrected chi connectivity index (χ3v) is 2.03. The number of hydrogen-bond acceptors (Lipinski definition) is 4. The predicted molar refractivity (Wildman–Crippen MR) is 61.2 cm³/mol. The first-order valence-corrected chi connectivity index (χ1v) is 4.84. The van der Waals surface area contributed by atoms with Gasteiger partial charge in [0.25, 0.3) is 0 Å². The Kier molecular flexibility index (Phi) is 2.79. The Morgan fingerprint density at radius 3 is 2.69 bits per heavy atom. The highest BCUT2D eigenvalue weighted by molar-refractivity contribution is 5.55. The highest BCUT2D eigenvalue weighted by Crippen LogP contribution is 2.13. The molecule has 0 aliphatic rings. The molecule has 1 aromatic carbocycles. The van der Waals surface area contributed by atoms with Crippen LogP contribution < -0.4 is 5.32 Å². The number of hydrogen-bond donors (Lipinski definition) is 1. The quantitative estimate of drug-likeness (QED) is 0.826. The van der Waals surface area contributed by atoms with E-state index < -0.39 is 0 Å². The summed E-state index contributed by atoms with van der Waals surface area (Å²) in [4.78, 5) is 8.25. The van der Waals surface area contributed by atoms with Gasteiger partial charge in [0.05, 0.1) is 11.6 Å². The molecule has 4 heteroatoms. The van der Waals surface area contributed by atoms with Gasteiger partial charge in [-0.3, -0.25) is 0 Å². The maximum atomic E-state index is 8.76. The number of anilines is 2. The van der Waals surface area contributed by atoms with Gasteiger partial charge in [0, 0.05) is 18.1 Å². The van der Waals surface area contributed by atoms with Crippen LogP contribution in [0.2, 0.25) is 0 Å². The zero-order valence-electron chi connectivity index (χ0n) is 8.81. The molecular formula is C12H10N4. The minimum Gasteiger partial charge on any atom is -0.324 e. The van der Waals surface area contributed by atoms with E-state index in [1.165, 1.54) is 0 Å². The van der Waals surface area contributed by atoms with Gasteiger partial charge in [-0.25, -0.2) is 9.97 Å². The van der Waals surface area contributed by atoms with Gasteiger partial charge in [0.1, 0.15) is 0 Å². The van der Waals surface area contributed by atoms with Crippen molar-refractivity contribution in [3.63, 3.8) is 0 Å². The van der Waals surface area contributed by atoms with Crippen LogP contribution in [0.5, 0.6) is 0 Å². The lowest BCUT2D eigenvalue weighted by Crippen LogP contribution is -1.96. The summed E-state index contributed by atoms with van der Waals surface area (Å²) < 4.78 is 0. The molecule has 0 saturated carbocycles. The van der Waals surface area contributed by atoms with Gasteiger partial charge in [-0.15, -0.1) is 0 Å². The van der Waals surface area contributed by atoms with Crippen molar-refractivity contribution in [3.8, 4) is 6.07 Å². The average molecular weight is 210 g/mol. The summed E-state index contributed by atoms with van der Waals surface area (Å²) >= 11 is 0. The average Bonchev–Trinajstić information content (AvgIpc) is 2.32. The third-order valence-electron chi connectivity index (χ3n) is 2.03. The SMILES string of the molecule is Cc1cnc(Nc2cccc(C#N)c2)nc1. The van der Waals surface area contributed by atoms with E-state index in [9.17, 15) is 0 Å². The summed E-state index contributed by atoms with van der Waals surface area (Å²) in [5.74, 6) is 0.528. The lowest BCUT2D eigenvalue weighted by Gasteiger charge is -2.04. The Hall–Kier alpha value is -2.41. The third kappa shape index (κ3) is 2.34. The van der Waals surface area contributed by atoms with E-state index in [2.05, 4.69) is 21.4 Å². The predicted octanol–water partition coefficient (Wildman–Crippen LogP) is 2.40. The first-order valence-electron chi connectivity index (χ1n) is 4.84. The topological polar surface area (TPSA) is 61.6 Å². The van der Waals surface area contributed by atoms with Crippen LogP contribution >= 0.6 is 0 Å². The molecule has 2 aromatic rings. The van der Waals surface area contributed by atoms with Crippen LogP contribution in [-0.4, -0.2) is 9.97 Å². The lowest BCUT2D eigenvalue weighted by atomic mass is 10.2. The molecule has 0 unspecified atom stereocenters. The Morgan fingerprint density at radius 2 is 2.00 bits per heavy atom. The van der Waals surface area contributed by atoms with Crippen molar-refractivity contribution >= 4 is 11.6 Å². The van der Waals surface area contributed by atoms with Crippen molar-refractivity contribution in [2.24, 2.45) is 0 Å². The molecule has 0 spiro atoms. The fourth-order valence-corrected chi connectivity index (χ4v) is 1.25. The fourth-order valence-electron chi connectivity index (χ4n) is 1.25. The maximum Gasteiger partial charge on any atom is 0.227 e. The molecule has 0 aliphatic carbocycles. The molecule has 4 nitrogen and oxygen atoms in total. The molecule has 1 N–H and O–H groups in total. The van der Waals surface area contributed by atoms with Gasteiger partial charge in [-0.1, -0.05) is 6.07 Å². The minimum absolute atomic E-state index is 0.528. The summed E-state index contributed by atoms with van der Waals surface area (Å²) in [6, 6.07) is 9.27. The van der Waals surface area contributed by atoms with Gasteiger partial charge in [-0.2, -0.15) is 5.26 Å². The Bertz CT molecular complexity index is 525. The van der Waals surface area contributed by atoms with Crippen molar-refractivity contribution < 1.29 is 0 Å². The van der Waals surface area contributed by atoms with Gasteiger partial charge < -0.3 is 5.32 Å². The Labute approximate surface area is 93.6 Å². The number of benzene rings is 1. The van der Waals surface area contributed by atoms with Crippen LogP contribution in [0.4, 0.5) is 11.6 Å². The van der Waals surface area contributed by atoms with Crippen LogP contribution in [-0.2, 0) is 0 Å². The Morgan fingerprint density at radius 1 is 1.25 bits per heavy atom. The number of rotatable bonds is 2. The number of aryl methyl sites for hydroxylation is 1. The molecule has 1 aromatic heterocycles. The standard InChI is InChI=1S/C12H10N4/c1-9-7-14-12(15-8-9)16-11-4-2-3-10(5-11)6-13/h2-5,7-8H,1H3,(H,14,15,16). The first-order chi connectivity index (χ1) is 7.78. The second kappa shape index (κ2) is 4.41. The highest BCUT2D eigenvalue weighted by atomic mass is 15.1. The number of nitrogens with zero attached hydrogens (tertiary/aromatic N) is 3. The Balaban J connectivity index is 2.21. The normalized spacial score (nSPS) is 9.50. The van der Waals surface area contributed by atoms with Crippen LogP contribution in [0.1, 0.15) is 11.1 Å². The smallest absolute Gasteiger partial charge is 0.227 e. The van der Waals surface area contributed by atoms with Crippen LogP contribution in [0.3, 0.4) is 0 Å². The minimum atomic E-state index is 0.528. The van der Waals surface area contributed by atoms with E-state index in [4.69, 9.17) is 5.26 Å². The summed E-state index contributed by atoms with van der Waals surface area (Å²) in [7, 11) is 0. The molecule has 1 heterocycles. The van der Waals surface area contributed by atoms with Gasteiger partial charge >= 0.3 is 0 Å². The molecule has 16 heavy (non-hydrogen) atoms. The summed E-state index contributed by atoms with van der Waals surface area (Å²) in [5.41, 5.74) is 2.43. The number of nitriles is 1. The first kappa shape index (κ1) is 10.1. The highest BCUT2D eigenvalue weighted by Gasteiger charge is 1.98. The lowest BCUT2D eigenvalue weighted by molar-refractivity contribution is 1.13. The van der Waals surface area contributed by atoms with Crippen LogP contribution in [0.25, 0.3) is 0 Å². The van der Waals surface area contributed by atoms with Gasteiger partial charge in [-0.05, 0) is 30.7 Å². The monoisotopic (exact) mass is 210 g/mol. The zero-order valence-corrected chi connectivity index (χ0v) is 8.81. The summed E-state index contributed by atoms with van der Waals surface area (Å²) in [5, 5.41) is 11.8. The maximum absolute atomic E-state index is 8.76. The van der Waals surface area contributed by atoms with E-state index in [1.54, 1.807) is 24.5 Å². The van der Waals surface area contributed by atoms with Crippen molar-refractivity contribution in [2.75, 3.05) is 5.32 Å². The van der Waals surface area contributed by atoms with E-state index in [-0.39, 0.29) is 0 Å². The van der Waals surface area contributed by atoms with Crippen LogP contribution in [0, 0.1) is 18.3 Å². The largest absolute Gasteiger partial charge is 0.324 e. The molecule has 0 amide bonds. The molecule has 0 aliphatic heterocycles. The second-order valence-corrected chi connectivity index (χ2v) is 3.40. The summed E-state index contributed by atoms with van der Waals surface area (Å²) in [6.45, 7) is 1.93. The van der Waals surface area contributed by atoms with Crippen molar-refractivity contribution in [2.45, 2.75) is 6.92 Å². The van der Waals surface area contributed by atoms with Crippen LogP contribution in [0.15, 0.2) is 36.7 Å². The van der Waals surface area contributed by atoms with Crippen molar-refractivity contribution in [3.05, 3.63) is 47.8 Å². The van der Waals surface area contributed by atoms with Gasteiger partial charge in [0.15, 0.2) is 0 Å². The fraction of sp³-hybridized carbons (Fsp3) is 0.0833. The molecule has 78 valence electrons. The van der Waals surface area contributed by atoms with Gasteiger partial charge in [0.2, 0.25) is 5.95 Å². The van der Waals surface area contributed by atoms with Crippen molar-refractivity contribution in [1.29, 1.82) is 5.26 Å². The molecule has 0 bridgehead atoms. The van der Waals surface area contributed by atoms with Crippen molar-refractivity contribution in [1.82, 2.24) is 9.97 Å². The zero-order chi connectivity index (χ0) is 11.4. The van der Waals surface area contributed by atoms with E-state index in [0.29, 0.717) is 11.5 Å². The molecule has 0 atom stereocenters.